The van der Waals surface area contributed by atoms with Crippen molar-refractivity contribution in [3.8, 4) is 5.75 Å². The first-order chi connectivity index (χ1) is 14.3. The number of aliphatic hydroxyl groups excluding tert-OH is 3. The number of carbonyl (C=O) groups excluding carboxylic acids is 1. The van der Waals surface area contributed by atoms with Crippen LogP contribution in [0.25, 0.3) is 0 Å². The Bertz CT molecular complexity index is 839. The monoisotopic (exact) mass is 416 g/mol. The first-order valence-electron chi connectivity index (χ1n) is 11.3. The van der Waals surface area contributed by atoms with Gasteiger partial charge in [0.05, 0.1) is 6.10 Å². The van der Waals surface area contributed by atoms with Crippen LogP contribution in [0.4, 0.5) is 0 Å². The highest BCUT2D eigenvalue weighted by molar-refractivity contribution is 5.87. The average molecular weight is 417 g/mol. The zero-order valence-electron chi connectivity index (χ0n) is 17.7. The summed E-state index contributed by atoms with van der Waals surface area (Å²) in [5, 5.41) is 30.1. The lowest BCUT2D eigenvalue weighted by atomic mass is 9.55. The maximum atomic E-state index is 12.5. The molecule has 1 aliphatic heterocycles. The summed E-state index contributed by atoms with van der Waals surface area (Å²) in [4.78, 5) is 12.5. The summed E-state index contributed by atoms with van der Waals surface area (Å²) < 4.78 is 11.4. The van der Waals surface area contributed by atoms with E-state index in [-0.39, 0.29) is 5.41 Å². The van der Waals surface area contributed by atoms with Crippen LogP contribution in [0.1, 0.15) is 63.0 Å². The Morgan fingerprint density at radius 1 is 1.07 bits per heavy atom. The number of ketones is 1. The van der Waals surface area contributed by atoms with Crippen molar-refractivity contribution in [1.82, 2.24) is 0 Å². The second kappa shape index (κ2) is 7.30. The third-order valence-electron chi connectivity index (χ3n) is 8.47. The highest BCUT2D eigenvalue weighted by Gasteiger charge is 2.54. The number of carbonyl (C=O) groups is 1. The molecule has 3 N–H and O–H groups in total. The van der Waals surface area contributed by atoms with Gasteiger partial charge in [0.25, 0.3) is 0 Å². The van der Waals surface area contributed by atoms with E-state index in [0.717, 1.165) is 38.5 Å². The van der Waals surface area contributed by atoms with E-state index >= 15 is 0 Å². The van der Waals surface area contributed by atoms with Crippen molar-refractivity contribution in [2.75, 3.05) is 0 Å². The van der Waals surface area contributed by atoms with Gasteiger partial charge in [-0.25, -0.2) is 0 Å². The molecule has 164 valence electrons. The molecule has 1 unspecified atom stereocenters. The number of fused-ring (bicyclic) bond motifs is 5. The molecule has 0 amide bonds. The van der Waals surface area contributed by atoms with Gasteiger partial charge >= 0.3 is 0 Å². The molecule has 1 heterocycles. The maximum Gasteiger partial charge on any atom is 0.229 e. The highest BCUT2D eigenvalue weighted by atomic mass is 16.7. The summed E-state index contributed by atoms with van der Waals surface area (Å²) in [6.45, 7) is 3.84. The summed E-state index contributed by atoms with van der Waals surface area (Å²) in [7, 11) is 0. The Morgan fingerprint density at radius 3 is 2.67 bits per heavy atom. The van der Waals surface area contributed by atoms with Crippen LogP contribution in [0, 0.1) is 17.3 Å². The van der Waals surface area contributed by atoms with Gasteiger partial charge in [-0.15, -0.1) is 0 Å². The van der Waals surface area contributed by atoms with E-state index in [2.05, 4.69) is 13.0 Å². The largest absolute Gasteiger partial charge is 0.462 e. The maximum absolute atomic E-state index is 12.5. The molecule has 1 saturated heterocycles. The van der Waals surface area contributed by atoms with Gasteiger partial charge < -0.3 is 24.8 Å². The van der Waals surface area contributed by atoms with Crippen LogP contribution in [0.3, 0.4) is 0 Å². The lowest BCUT2D eigenvalue weighted by molar-refractivity contribution is -0.268. The summed E-state index contributed by atoms with van der Waals surface area (Å²) >= 11 is 0. The molecule has 0 bridgehead atoms. The van der Waals surface area contributed by atoms with E-state index in [1.54, 1.807) is 6.92 Å². The number of rotatable bonds is 2. The van der Waals surface area contributed by atoms with E-state index in [4.69, 9.17) is 9.47 Å². The fourth-order valence-corrected chi connectivity index (χ4v) is 6.65. The van der Waals surface area contributed by atoms with Gasteiger partial charge in [-0.2, -0.15) is 0 Å². The number of aryl methyl sites for hydroxylation is 1. The molecule has 0 aromatic heterocycles. The van der Waals surface area contributed by atoms with Gasteiger partial charge in [-0.1, -0.05) is 13.0 Å². The smallest absolute Gasteiger partial charge is 0.229 e. The van der Waals surface area contributed by atoms with Crippen LogP contribution in [-0.2, 0) is 16.0 Å². The number of hydrogen-bond acceptors (Lipinski definition) is 6. The first-order valence-corrected chi connectivity index (χ1v) is 11.3. The molecule has 0 spiro atoms. The van der Waals surface area contributed by atoms with Crippen LogP contribution in [0.15, 0.2) is 18.2 Å². The molecule has 3 fully saturated rings. The van der Waals surface area contributed by atoms with Crippen LogP contribution in [0.5, 0.6) is 5.75 Å². The topological polar surface area (TPSA) is 96.2 Å². The van der Waals surface area contributed by atoms with Crippen molar-refractivity contribution in [2.45, 2.75) is 89.0 Å². The molecule has 3 aliphatic carbocycles. The molecule has 6 heteroatoms. The Kier molecular flexibility index (Phi) is 4.97. The number of benzene rings is 1. The van der Waals surface area contributed by atoms with Gasteiger partial charge in [-0.3, -0.25) is 4.79 Å². The van der Waals surface area contributed by atoms with Gasteiger partial charge in [0.1, 0.15) is 29.8 Å². The van der Waals surface area contributed by atoms with Crippen LogP contribution < -0.4 is 4.74 Å². The molecule has 1 aromatic carbocycles. The van der Waals surface area contributed by atoms with Crippen molar-refractivity contribution in [3.63, 3.8) is 0 Å². The summed E-state index contributed by atoms with van der Waals surface area (Å²) in [5.41, 5.74) is 2.52. The molecule has 1 aromatic rings. The second-order valence-corrected chi connectivity index (χ2v) is 9.99. The van der Waals surface area contributed by atoms with Gasteiger partial charge in [0.2, 0.25) is 6.29 Å². The zero-order chi connectivity index (χ0) is 21.2. The van der Waals surface area contributed by atoms with Crippen molar-refractivity contribution in [1.29, 1.82) is 0 Å². The molecular weight excluding hydrogens is 384 g/mol. The molecule has 2 saturated carbocycles. The standard InChI is InChI=1S/C24H32O6/c1-12-20(26)21(27)22(28)23(29-12)30-14-4-6-15-13(11-14)3-5-17-16(15)9-10-24(2)18(17)7-8-19(24)25/h4,6,11-12,16-18,20-23,26-28H,3,5,7-10H2,1-2H3/t12-,16-,17-,18+,20-,21+,22-,23?,24+/m1/s1. The van der Waals surface area contributed by atoms with Crippen LogP contribution >= 0.6 is 0 Å². The number of aliphatic hydroxyl groups is 3. The summed E-state index contributed by atoms with van der Waals surface area (Å²) in [6, 6.07) is 6.06. The van der Waals surface area contributed by atoms with Gasteiger partial charge in [0.15, 0.2) is 0 Å². The Hall–Kier alpha value is -1.47. The minimum Gasteiger partial charge on any atom is -0.462 e. The third kappa shape index (κ3) is 3.03. The Balaban J connectivity index is 1.35. The summed E-state index contributed by atoms with van der Waals surface area (Å²) in [6.07, 6.45) is 0.473. The predicted octanol–water partition coefficient (Wildman–Crippen LogP) is 2.32. The molecule has 5 rings (SSSR count). The third-order valence-corrected chi connectivity index (χ3v) is 8.47. The van der Waals surface area contributed by atoms with Gasteiger partial charge in [-0.05, 0) is 80.0 Å². The second-order valence-electron chi connectivity index (χ2n) is 9.99. The lowest BCUT2D eigenvalue weighted by Gasteiger charge is -2.48. The fraction of sp³-hybridized carbons (Fsp3) is 0.708. The molecule has 0 radical (unpaired) electrons. The molecule has 30 heavy (non-hydrogen) atoms. The van der Waals surface area contributed by atoms with Crippen molar-refractivity contribution >= 4 is 5.78 Å². The number of ether oxygens (including phenoxy) is 2. The SMILES string of the molecule is C[C@H]1OC(Oc2ccc3c(c2)CC[C@@H]2[C@@H]3CC[C@]3(C)C(=O)CC[C@@H]23)[C@H](O)[C@@H](O)[C@@H]1O. The molecule has 9 atom stereocenters. The van der Waals surface area contributed by atoms with Crippen LogP contribution in [0.2, 0.25) is 0 Å². The lowest BCUT2D eigenvalue weighted by Crippen LogP contribution is -2.58. The minimum atomic E-state index is -1.31. The van der Waals surface area contributed by atoms with Crippen molar-refractivity contribution < 1.29 is 29.6 Å². The van der Waals surface area contributed by atoms with Crippen molar-refractivity contribution in [2.24, 2.45) is 17.3 Å². The zero-order valence-corrected chi connectivity index (χ0v) is 17.7. The van der Waals surface area contributed by atoms with Crippen LogP contribution in [-0.4, -0.2) is 51.8 Å². The van der Waals surface area contributed by atoms with Gasteiger partial charge in [0, 0.05) is 11.8 Å². The highest BCUT2D eigenvalue weighted by Crippen LogP contribution is 2.59. The molecule has 4 aliphatic rings. The van der Waals surface area contributed by atoms with E-state index in [9.17, 15) is 20.1 Å². The summed E-state index contributed by atoms with van der Waals surface area (Å²) in [5.74, 6) is 2.65. The quantitative estimate of drug-likeness (QED) is 0.685. The van der Waals surface area contributed by atoms with E-state index < -0.39 is 30.7 Å². The Morgan fingerprint density at radius 2 is 1.87 bits per heavy atom. The van der Waals surface area contributed by atoms with Crippen molar-refractivity contribution in [3.05, 3.63) is 29.3 Å². The number of Topliss-reactive ketones (excluding diaryl/α,β-unsaturated/α-hetero) is 1. The normalized spacial score (nSPS) is 45.4. The fourth-order valence-electron chi connectivity index (χ4n) is 6.65. The molecular formula is C24H32O6. The average Bonchev–Trinajstić information content (AvgIpc) is 3.04. The van der Waals surface area contributed by atoms with E-state index in [1.807, 2.05) is 12.1 Å². The molecule has 6 nitrogen and oxygen atoms in total. The predicted molar refractivity (Wildman–Crippen MR) is 109 cm³/mol. The Labute approximate surface area is 177 Å². The first kappa shape index (κ1) is 20.4. The number of hydrogen-bond donors (Lipinski definition) is 3. The van der Waals surface area contributed by atoms with E-state index in [1.165, 1.54) is 11.1 Å². The minimum absolute atomic E-state index is 0.113. The van der Waals surface area contributed by atoms with E-state index in [0.29, 0.717) is 29.3 Å².